The number of hydrogen-bond donors (Lipinski definition) is 2. The quantitative estimate of drug-likeness (QED) is 0.752. The fourth-order valence-electron chi connectivity index (χ4n) is 2.42. The molecule has 3 N–H and O–H groups in total. The number of benzene rings is 1. The normalized spacial score (nSPS) is 12.7. The van der Waals surface area contributed by atoms with Crippen LogP contribution in [-0.2, 0) is 4.79 Å². The van der Waals surface area contributed by atoms with Crippen molar-refractivity contribution in [3.05, 3.63) is 23.8 Å². The highest BCUT2D eigenvalue weighted by atomic mass is 16.2. The molecule has 1 atom stereocenters. The Labute approximate surface area is 128 Å². The molecule has 1 rings (SSSR count). The molecular formula is C16H28N4O. The zero-order chi connectivity index (χ0) is 16.0. The molecule has 0 aliphatic rings. The number of nitrogen functional groups attached to an aromatic ring is 1. The van der Waals surface area contributed by atoms with Gasteiger partial charge in [0.2, 0.25) is 5.91 Å². The summed E-state index contributed by atoms with van der Waals surface area (Å²) in [6, 6.07) is 5.85. The summed E-state index contributed by atoms with van der Waals surface area (Å²) >= 11 is 0. The summed E-state index contributed by atoms with van der Waals surface area (Å²) in [6.45, 7) is 8.35. The Kier molecular flexibility index (Phi) is 6.65. The third kappa shape index (κ3) is 5.73. The van der Waals surface area contributed by atoms with Gasteiger partial charge in [-0.05, 0) is 58.3 Å². The molecule has 1 amide bonds. The second kappa shape index (κ2) is 8.00. The van der Waals surface area contributed by atoms with Gasteiger partial charge in [0.1, 0.15) is 0 Å². The maximum atomic E-state index is 12.2. The molecule has 118 valence electrons. The number of rotatable bonds is 7. The Balaban J connectivity index is 2.62. The van der Waals surface area contributed by atoms with Gasteiger partial charge in [0.05, 0.1) is 6.54 Å². The molecule has 0 saturated carbocycles. The van der Waals surface area contributed by atoms with E-state index in [0.29, 0.717) is 18.3 Å². The number of nitrogens with one attached hydrogen (secondary N) is 1. The molecule has 5 heteroatoms. The van der Waals surface area contributed by atoms with Gasteiger partial charge in [-0.1, -0.05) is 6.92 Å². The summed E-state index contributed by atoms with van der Waals surface area (Å²) in [5, 5.41) is 2.96. The molecule has 1 unspecified atom stereocenters. The lowest BCUT2D eigenvalue weighted by Crippen LogP contribution is -2.43. The molecular weight excluding hydrogens is 264 g/mol. The van der Waals surface area contributed by atoms with Crippen molar-refractivity contribution >= 4 is 17.3 Å². The molecule has 0 radical (unpaired) electrons. The van der Waals surface area contributed by atoms with Crippen LogP contribution < -0.4 is 11.1 Å². The van der Waals surface area contributed by atoms with Crippen LogP contribution in [0.15, 0.2) is 18.2 Å². The molecule has 0 bridgehead atoms. The largest absolute Gasteiger partial charge is 0.399 e. The van der Waals surface area contributed by atoms with E-state index < -0.39 is 0 Å². The third-order valence-corrected chi connectivity index (χ3v) is 3.53. The highest BCUT2D eigenvalue weighted by Crippen LogP contribution is 2.17. The molecule has 0 fully saturated rings. The van der Waals surface area contributed by atoms with E-state index in [-0.39, 0.29) is 5.91 Å². The lowest BCUT2D eigenvalue weighted by atomic mass is 10.2. The number of carbonyl (C=O) groups excluding carboxylic acids is 1. The van der Waals surface area contributed by atoms with Crippen LogP contribution in [0.1, 0.15) is 19.4 Å². The average Bonchev–Trinajstić information content (AvgIpc) is 2.38. The Morgan fingerprint density at radius 1 is 1.38 bits per heavy atom. The fourth-order valence-corrected chi connectivity index (χ4v) is 2.42. The molecule has 0 saturated heterocycles. The van der Waals surface area contributed by atoms with Gasteiger partial charge in [-0.25, -0.2) is 0 Å². The van der Waals surface area contributed by atoms with Crippen LogP contribution >= 0.6 is 0 Å². The smallest absolute Gasteiger partial charge is 0.238 e. The molecule has 1 aromatic rings. The molecule has 0 spiro atoms. The first-order valence-electron chi connectivity index (χ1n) is 7.38. The van der Waals surface area contributed by atoms with E-state index in [1.54, 1.807) is 6.07 Å². The van der Waals surface area contributed by atoms with Crippen molar-refractivity contribution in [3.63, 3.8) is 0 Å². The average molecular weight is 292 g/mol. The summed E-state index contributed by atoms with van der Waals surface area (Å²) < 4.78 is 0. The number of nitrogens with zero attached hydrogens (tertiary/aromatic N) is 2. The summed E-state index contributed by atoms with van der Waals surface area (Å²) in [5.41, 5.74) is 8.23. The second-order valence-electron chi connectivity index (χ2n) is 5.80. The maximum Gasteiger partial charge on any atom is 0.238 e. The number of carbonyl (C=O) groups is 1. The molecule has 21 heavy (non-hydrogen) atoms. The highest BCUT2D eigenvalue weighted by molar-refractivity contribution is 5.93. The third-order valence-electron chi connectivity index (χ3n) is 3.53. The minimum atomic E-state index is 0.00956. The molecule has 0 heterocycles. The summed E-state index contributed by atoms with van der Waals surface area (Å²) in [6.07, 6.45) is 0. The Morgan fingerprint density at radius 2 is 2.05 bits per heavy atom. The van der Waals surface area contributed by atoms with Gasteiger partial charge in [0.15, 0.2) is 0 Å². The number of hydrogen-bond acceptors (Lipinski definition) is 4. The van der Waals surface area contributed by atoms with Crippen molar-refractivity contribution in [1.82, 2.24) is 9.80 Å². The van der Waals surface area contributed by atoms with Crippen molar-refractivity contribution in [3.8, 4) is 0 Å². The molecule has 0 aliphatic carbocycles. The van der Waals surface area contributed by atoms with Crippen LogP contribution in [0.4, 0.5) is 11.4 Å². The van der Waals surface area contributed by atoms with Crippen LogP contribution in [0.25, 0.3) is 0 Å². The van der Waals surface area contributed by atoms with Crippen LogP contribution in [0.2, 0.25) is 0 Å². The maximum absolute atomic E-state index is 12.2. The summed E-state index contributed by atoms with van der Waals surface area (Å²) in [4.78, 5) is 16.5. The Morgan fingerprint density at radius 3 is 2.57 bits per heavy atom. The van der Waals surface area contributed by atoms with Gasteiger partial charge in [-0.15, -0.1) is 0 Å². The number of aryl methyl sites for hydroxylation is 1. The standard InChI is InChI=1S/C16H28N4O/c1-6-20(13(3)10-19(4)5)11-16(21)18-15-8-7-14(17)9-12(15)2/h7-9,13H,6,10-11,17H2,1-5H3,(H,18,21). The van der Waals surface area contributed by atoms with Gasteiger partial charge >= 0.3 is 0 Å². The van der Waals surface area contributed by atoms with Crippen molar-refractivity contribution in [1.29, 1.82) is 0 Å². The van der Waals surface area contributed by atoms with E-state index in [2.05, 4.69) is 29.0 Å². The monoisotopic (exact) mass is 292 g/mol. The Hall–Kier alpha value is -1.59. The summed E-state index contributed by atoms with van der Waals surface area (Å²) in [7, 11) is 4.09. The predicted molar refractivity (Wildman–Crippen MR) is 89.5 cm³/mol. The predicted octanol–water partition coefficient (Wildman–Crippen LogP) is 1.79. The van der Waals surface area contributed by atoms with Crippen molar-refractivity contribution < 1.29 is 4.79 Å². The molecule has 0 aliphatic heterocycles. The van der Waals surface area contributed by atoms with Crippen LogP contribution in [0, 0.1) is 6.92 Å². The zero-order valence-corrected chi connectivity index (χ0v) is 13.8. The van der Waals surface area contributed by atoms with Crippen LogP contribution in [0.3, 0.4) is 0 Å². The van der Waals surface area contributed by atoms with Crippen molar-refractivity contribution in [2.45, 2.75) is 26.8 Å². The second-order valence-corrected chi connectivity index (χ2v) is 5.80. The first-order chi connectivity index (χ1) is 9.83. The van der Waals surface area contributed by atoms with Gasteiger partial charge in [-0.2, -0.15) is 0 Å². The number of amides is 1. The first-order valence-corrected chi connectivity index (χ1v) is 7.38. The van der Waals surface area contributed by atoms with Gasteiger partial charge < -0.3 is 16.0 Å². The SMILES string of the molecule is CCN(CC(=O)Nc1ccc(N)cc1C)C(C)CN(C)C. The van der Waals surface area contributed by atoms with E-state index in [0.717, 1.165) is 24.3 Å². The highest BCUT2D eigenvalue weighted by Gasteiger charge is 2.16. The molecule has 0 aromatic heterocycles. The van der Waals surface area contributed by atoms with E-state index in [9.17, 15) is 4.79 Å². The van der Waals surface area contributed by atoms with Crippen molar-refractivity contribution in [2.75, 3.05) is 44.8 Å². The van der Waals surface area contributed by atoms with Crippen molar-refractivity contribution in [2.24, 2.45) is 0 Å². The Bertz CT molecular complexity index is 473. The van der Waals surface area contributed by atoms with E-state index in [1.165, 1.54) is 0 Å². The van der Waals surface area contributed by atoms with Crippen LogP contribution in [0.5, 0.6) is 0 Å². The fraction of sp³-hybridized carbons (Fsp3) is 0.562. The summed E-state index contributed by atoms with van der Waals surface area (Å²) in [5.74, 6) is 0.00956. The minimum Gasteiger partial charge on any atom is -0.399 e. The number of anilines is 2. The van der Waals surface area contributed by atoms with Crippen LogP contribution in [-0.4, -0.2) is 55.5 Å². The topological polar surface area (TPSA) is 61.6 Å². The first kappa shape index (κ1) is 17.5. The van der Waals surface area contributed by atoms with Gasteiger partial charge in [-0.3, -0.25) is 9.69 Å². The lowest BCUT2D eigenvalue weighted by Gasteiger charge is -2.29. The number of nitrogens with two attached hydrogens (primary N) is 1. The zero-order valence-electron chi connectivity index (χ0n) is 13.8. The number of likely N-dealkylation sites (N-methyl/N-ethyl adjacent to an activating group) is 2. The minimum absolute atomic E-state index is 0.00956. The van der Waals surface area contributed by atoms with E-state index in [4.69, 9.17) is 5.73 Å². The van der Waals surface area contributed by atoms with Gasteiger partial charge in [0, 0.05) is 24.0 Å². The van der Waals surface area contributed by atoms with E-state index in [1.807, 2.05) is 33.2 Å². The van der Waals surface area contributed by atoms with E-state index >= 15 is 0 Å². The van der Waals surface area contributed by atoms with Gasteiger partial charge in [0.25, 0.3) is 0 Å². The lowest BCUT2D eigenvalue weighted by molar-refractivity contribution is -0.117. The molecule has 5 nitrogen and oxygen atoms in total. The molecule has 1 aromatic carbocycles.